The van der Waals surface area contributed by atoms with E-state index in [4.69, 9.17) is 0 Å². The second-order valence-electron chi connectivity index (χ2n) is 7.97. The Morgan fingerprint density at radius 2 is 1.72 bits per heavy atom. The number of halogens is 4. The number of H-pyrrole nitrogens is 1. The van der Waals surface area contributed by atoms with Crippen LogP contribution in [0.3, 0.4) is 0 Å². The molecule has 4 rings (SSSR count). The number of benzene rings is 3. The van der Waals surface area contributed by atoms with Crippen molar-refractivity contribution in [2.24, 2.45) is 0 Å². The fraction of sp³-hybridized carbons (Fsp3) is 0.115. The molecule has 0 unspecified atom stereocenters. The summed E-state index contributed by atoms with van der Waals surface area (Å²) in [5.74, 6) is -8.04. The first-order valence-corrected chi connectivity index (χ1v) is 10.7. The number of hydrogen-bond donors (Lipinski definition) is 3. The van der Waals surface area contributed by atoms with Crippen molar-refractivity contribution in [3.05, 3.63) is 117 Å². The molecule has 1 aromatic heterocycles. The molecule has 36 heavy (non-hydrogen) atoms. The van der Waals surface area contributed by atoms with Crippen LogP contribution in [0.15, 0.2) is 71.5 Å². The zero-order valence-corrected chi connectivity index (χ0v) is 18.8. The number of aromatic hydroxyl groups is 1. The van der Waals surface area contributed by atoms with Gasteiger partial charge in [-0.05, 0) is 42.3 Å². The molecular formula is C26H19F4N3O3. The Labute approximate surface area is 202 Å². The first-order chi connectivity index (χ1) is 17.1. The molecule has 6 nitrogen and oxygen atoms in total. The summed E-state index contributed by atoms with van der Waals surface area (Å²) in [6.07, 6.45) is 0. The smallest absolute Gasteiger partial charge is 0.301 e. The highest BCUT2D eigenvalue weighted by Crippen LogP contribution is 2.39. The molecule has 0 aliphatic rings. The zero-order valence-electron chi connectivity index (χ0n) is 18.8. The van der Waals surface area contributed by atoms with Crippen molar-refractivity contribution in [3.8, 4) is 17.1 Å². The van der Waals surface area contributed by atoms with E-state index in [0.717, 1.165) is 29.8 Å². The van der Waals surface area contributed by atoms with Gasteiger partial charge in [-0.3, -0.25) is 9.59 Å². The highest BCUT2D eigenvalue weighted by atomic mass is 19.3. The second-order valence-corrected chi connectivity index (χ2v) is 7.97. The molecule has 184 valence electrons. The molecule has 0 saturated carbocycles. The Balaban J connectivity index is 1.67. The molecule has 10 heteroatoms. The number of carbonyl (C=O) groups is 1. The van der Waals surface area contributed by atoms with Gasteiger partial charge in [0, 0.05) is 17.7 Å². The Morgan fingerprint density at radius 3 is 2.44 bits per heavy atom. The summed E-state index contributed by atoms with van der Waals surface area (Å²) in [6.45, 7) is 1.21. The summed E-state index contributed by atoms with van der Waals surface area (Å²) in [7, 11) is 0. The van der Waals surface area contributed by atoms with Crippen molar-refractivity contribution < 1.29 is 27.5 Å². The van der Waals surface area contributed by atoms with E-state index >= 15 is 8.78 Å². The third kappa shape index (κ3) is 4.70. The quantitative estimate of drug-likeness (QED) is 0.334. The van der Waals surface area contributed by atoms with E-state index in [1.165, 1.54) is 12.1 Å². The highest BCUT2D eigenvalue weighted by molar-refractivity contribution is 5.95. The molecule has 0 spiro atoms. The second kappa shape index (κ2) is 9.65. The van der Waals surface area contributed by atoms with Gasteiger partial charge in [0.1, 0.15) is 17.5 Å². The number of nitrogens with zero attached hydrogens (tertiary/aromatic N) is 1. The third-order valence-corrected chi connectivity index (χ3v) is 5.57. The largest absolute Gasteiger partial charge is 0.501 e. The summed E-state index contributed by atoms with van der Waals surface area (Å²) >= 11 is 0. The first kappa shape index (κ1) is 24.6. The van der Waals surface area contributed by atoms with Gasteiger partial charge in [-0.1, -0.05) is 42.5 Å². The molecule has 0 atom stereocenters. The number of aromatic amines is 1. The van der Waals surface area contributed by atoms with Crippen molar-refractivity contribution in [1.82, 2.24) is 15.3 Å². The minimum Gasteiger partial charge on any atom is -0.501 e. The highest BCUT2D eigenvalue weighted by Gasteiger charge is 2.39. The lowest BCUT2D eigenvalue weighted by Gasteiger charge is -2.21. The SMILES string of the molecule is Cc1ccccc1-c1nc(C(=O)NCc2ccc(F)cc2C(F)(F)c2ccccc2F)c(O)c(=O)[nH]1. The molecule has 0 radical (unpaired) electrons. The van der Waals surface area contributed by atoms with Crippen LogP contribution >= 0.6 is 0 Å². The van der Waals surface area contributed by atoms with Crippen LogP contribution in [0.4, 0.5) is 17.6 Å². The van der Waals surface area contributed by atoms with Gasteiger partial charge >= 0.3 is 5.92 Å². The zero-order chi connectivity index (χ0) is 26.0. The summed E-state index contributed by atoms with van der Waals surface area (Å²) in [4.78, 5) is 31.5. The Morgan fingerprint density at radius 1 is 1.03 bits per heavy atom. The average molecular weight is 497 g/mol. The van der Waals surface area contributed by atoms with Crippen LogP contribution in [-0.4, -0.2) is 21.0 Å². The van der Waals surface area contributed by atoms with Gasteiger partial charge in [-0.15, -0.1) is 0 Å². The maximum absolute atomic E-state index is 15.2. The molecule has 3 aromatic carbocycles. The van der Waals surface area contributed by atoms with Crippen LogP contribution in [0.1, 0.15) is 32.7 Å². The molecule has 1 amide bonds. The lowest BCUT2D eigenvalue weighted by molar-refractivity contribution is 0.0374. The number of carbonyl (C=O) groups excluding carboxylic acids is 1. The van der Waals surface area contributed by atoms with E-state index in [2.05, 4.69) is 15.3 Å². The van der Waals surface area contributed by atoms with Crippen molar-refractivity contribution in [3.63, 3.8) is 0 Å². The van der Waals surface area contributed by atoms with E-state index in [0.29, 0.717) is 11.6 Å². The van der Waals surface area contributed by atoms with Crippen LogP contribution < -0.4 is 10.9 Å². The number of alkyl halides is 2. The minimum atomic E-state index is -3.92. The predicted octanol–water partition coefficient (Wildman–Crippen LogP) is 4.80. The number of aromatic nitrogens is 2. The number of amides is 1. The number of aryl methyl sites for hydroxylation is 1. The van der Waals surface area contributed by atoms with Gasteiger partial charge in [0.25, 0.3) is 11.5 Å². The molecule has 0 bridgehead atoms. The lowest BCUT2D eigenvalue weighted by Crippen LogP contribution is -2.28. The standard InChI is InChI=1S/C26H19F4N3O3/c1-14-6-2-3-7-17(14)23-32-21(22(34)25(36)33-23)24(35)31-13-15-10-11-16(27)12-19(15)26(29,30)18-8-4-5-9-20(18)28/h2-12,34H,13H2,1H3,(H,31,35)(H,32,33,36). The van der Waals surface area contributed by atoms with Crippen molar-refractivity contribution >= 4 is 5.91 Å². The van der Waals surface area contributed by atoms with Crippen molar-refractivity contribution in [2.45, 2.75) is 19.4 Å². The molecule has 0 saturated heterocycles. The third-order valence-electron chi connectivity index (χ3n) is 5.57. The van der Waals surface area contributed by atoms with E-state index < -0.39 is 58.1 Å². The van der Waals surface area contributed by atoms with Gasteiger partial charge in [0.2, 0.25) is 5.75 Å². The number of hydrogen-bond acceptors (Lipinski definition) is 4. The summed E-state index contributed by atoms with van der Waals surface area (Å²) in [5, 5.41) is 12.4. The molecule has 0 fully saturated rings. The summed E-state index contributed by atoms with van der Waals surface area (Å²) in [6, 6.07) is 13.6. The maximum Gasteiger partial charge on any atom is 0.301 e. The Bertz CT molecular complexity index is 1520. The van der Waals surface area contributed by atoms with Crippen LogP contribution in [0.2, 0.25) is 0 Å². The molecule has 4 aromatic rings. The molecule has 0 aliphatic carbocycles. The molecule has 0 aliphatic heterocycles. The average Bonchev–Trinajstić information content (AvgIpc) is 2.85. The van der Waals surface area contributed by atoms with E-state index in [9.17, 15) is 23.5 Å². The van der Waals surface area contributed by atoms with Crippen molar-refractivity contribution in [2.75, 3.05) is 0 Å². The minimum absolute atomic E-state index is 0.0228. The Kier molecular flexibility index (Phi) is 6.61. The monoisotopic (exact) mass is 497 g/mol. The van der Waals surface area contributed by atoms with E-state index in [1.807, 2.05) is 0 Å². The predicted molar refractivity (Wildman–Crippen MR) is 124 cm³/mol. The Hall–Kier alpha value is -4.47. The molecule has 1 heterocycles. The van der Waals surface area contributed by atoms with Crippen LogP contribution in [0.25, 0.3) is 11.4 Å². The fourth-order valence-corrected chi connectivity index (χ4v) is 3.71. The van der Waals surface area contributed by atoms with E-state index in [-0.39, 0.29) is 11.4 Å². The van der Waals surface area contributed by atoms with Crippen LogP contribution in [0, 0.1) is 18.6 Å². The van der Waals surface area contributed by atoms with Crippen LogP contribution in [-0.2, 0) is 12.5 Å². The van der Waals surface area contributed by atoms with E-state index in [1.54, 1.807) is 31.2 Å². The van der Waals surface area contributed by atoms with Gasteiger partial charge in [0.05, 0.1) is 5.56 Å². The number of nitrogens with one attached hydrogen (secondary N) is 2. The van der Waals surface area contributed by atoms with Crippen LogP contribution in [0.5, 0.6) is 5.75 Å². The maximum atomic E-state index is 15.2. The first-order valence-electron chi connectivity index (χ1n) is 10.7. The van der Waals surface area contributed by atoms with Gasteiger partial charge in [-0.2, -0.15) is 8.78 Å². The fourth-order valence-electron chi connectivity index (χ4n) is 3.71. The summed E-state index contributed by atoms with van der Waals surface area (Å²) in [5.41, 5.74) is -2.36. The lowest BCUT2D eigenvalue weighted by atomic mass is 9.95. The van der Waals surface area contributed by atoms with Gasteiger partial charge in [-0.25, -0.2) is 13.8 Å². The molecule has 3 N–H and O–H groups in total. The topological polar surface area (TPSA) is 95.1 Å². The van der Waals surface area contributed by atoms with Gasteiger partial charge < -0.3 is 15.4 Å². The van der Waals surface area contributed by atoms with Crippen molar-refractivity contribution in [1.29, 1.82) is 0 Å². The molecular weight excluding hydrogens is 478 g/mol. The normalized spacial score (nSPS) is 11.4. The van der Waals surface area contributed by atoms with Gasteiger partial charge in [0.15, 0.2) is 5.69 Å². The number of rotatable bonds is 6. The summed E-state index contributed by atoms with van der Waals surface area (Å²) < 4.78 is 58.4.